The minimum atomic E-state index is -1.40. The SMILES string of the molecule is CC[C@@H]1OC(C)[C@H](COC[C@@H]2OC(CO)[C@@H](COC[C@@H]3OC(C)[C@@H](COC[C@@H]4OC(CO)[C@@H](O)[C@@H](CC)C4O)[C@@H](O)C3O)[C@@H](O)C2O)[C@H](O)C1O. The van der Waals surface area contributed by atoms with Crippen molar-refractivity contribution in [3.05, 3.63) is 0 Å². The van der Waals surface area contributed by atoms with E-state index in [0.29, 0.717) is 12.8 Å². The maximum Gasteiger partial charge on any atom is 0.110 e. The molecule has 10 N–H and O–H groups in total. The van der Waals surface area contributed by atoms with Crippen molar-refractivity contribution >= 4 is 0 Å². The summed E-state index contributed by atoms with van der Waals surface area (Å²) >= 11 is 0. The number of ether oxygens (including phenoxy) is 7. The zero-order valence-corrected chi connectivity index (χ0v) is 29.9. The first-order valence-electron chi connectivity index (χ1n) is 18.3. The average Bonchev–Trinajstić information content (AvgIpc) is 3.11. The van der Waals surface area contributed by atoms with E-state index in [2.05, 4.69) is 0 Å². The Kier molecular flexibility index (Phi) is 16.7. The molecule has 0 amide bonds. The van der Waals surface area contributed by atoms with E-state index in [4.69, 9.17) is 33.2 Å². The molecule has 0 radical (unpaired) electrons. The molecule has 4 saturated heterocycles. The van der Waals surface area contributed by atoms with Crippen LogP contribution in [0.5, 0.6) is 0 Å². The minimum Gasteiger partial charge on any atom is -0.394 e. The molecule has 4 aliphatic heterocycles. The van der Waals surface area contributed by atoms with Gasteiger partial charge in [-0.25, -0.2) is 0 Å². The Morgan fingerprint density at radius 3 is 1.22 bits per heavy atom. The molecule has 20 atom stereocenters. The third kappa shape index (κ3) is 9.96. The van der Waals surface area contributed by atoms with E-state index < -0.39 is 128 Å². The molecular weight excluding hydrogens is 680 g/mol. The van der Waals surface area contributed by atoms with Gasteiger partial charge in [-0.15, -0.1) is 0 Å². The number of rotatable bonds is 16. The highest BCUT2D eigenvalue weighted by Crippen LogP contribution is 2.32. The van der Waals surface area contributed by atoms with Gasteiger partial charge in [-0.05, 0) is 26.7 Å². The van der Waals surface area contributed by atoms with E-state index in [1.54, 1.807) is 13.8 Å². The van der Waals surface area contributed by atoms with Crippen LogP contribution in [0.2, 0.25) is 0 Å². The van der Waals surface area contributed by atoms with Crippen LogP contribution in [-0.4, -0.2) is 202 Å². The van der Waals surface area contributed by atoms with Crippen LogP contribution in [0.15, 0.2) is 0 Å². The van der Waals surface area contributed by atoms with Crippen molar-refractivity contribution in [2.75, 3.05) is 52.9 Å². The Bertz CT molecular complexity index is 1010. The molecular formula is C34H62O17. The third-order valence-electron chi connectivity index (χ3n) is 11.3. The molecule has 4 heterocycles. The van der Waals surface area contributed by atoms with Crippen LogP contribution in [0.1, 0.15) is 40.5 Å². The first kappa shape index (κ1) is 43.1. The topological polar surface area (TPSA) is 267 Å². The largest absolute Gasteiger partial charge is 0.394 e. The molecule has 4 aliphatic rings. The van der Waals surface area contributed by atoms with E-state index in [1.807, 2.05) is 13.8 Å². The van der Waals surface area contributed by atoms with Crippen LogP contribution in [0, 0.1) is 23.7 Å². The quantitative estimate of drug-likeness (QED) is 0.0729. The Morgan fingerprint density at radius 2 is 0.745 bits per heavy atom. The molecule has 0 aromatic rings. The summed E-state index contributed by atoms with van der Waals surface area (Å²) in [7, 11) is 0. The van der Waals surface area contributed by atoms with Crippen molar-refractivity contribution in [3.8, 4) is 0 Å². The van der Waals surface area contributed by atoms with Gasteiger partial charge in [0.05, 0.1) is 108 Å². The molecule has 0 aromatic carbocycles. The lowest BCUT2D eigenvalue weighted by atomic mass is 9.84. The highest BCUT2D eigenvalue weighted by atomic mass is 16.6. The van der Waals surface area contributed by atoms with Crippen molar-refractivity contribution in [1.82, 2.24) is 0 Å². The Labute approximate surface area is 298 Å². The van der Waals surface area contributed by atoms with Crippen LogP contribution in [0.3, 0.4) is 0 Å². The Hall–Kier alpha value is -0.680. The van der Waals surface area contributed by atoms with Gasteiger partial charge in [0.25, 0.3) is 0 Å². The molecule has 8 unspecified atom stereocenters. The summed E-state index contributed by atoms with van der Waals surface area (Å²) in [5, 5.41) is 105. The Balaban J connectivity index is 1.21. The van der Waals surface area contributed by atoms with Crippen LogP contribution in [0.25, 0.3) is 0 Å². The van der Waals surface area contributed by atoms with E-state index in [0.717, 1.165) is 0 Å². The third-order valence-corrected chi connectivity index (χ3v) is 11.3. The van der Waals surface area contributed by atoms with Crippen LogP contribution >= 0.6 is 0 Å². The maximum atomic E-state index is 10.9. The lowest BCUT2D eigenvalue weighted by Crippen LogP contribution is -2.59. The van der Waals surface area contributed by atoms with Crippen LogP contribution in [0.4, 0.5) is 0 Å². The zero-order chi connectivity index (χ0) is 37.6. The van der Waals surface area contributed by atoms with E-state index >= 15 is 0 Å². The van der Waals surface area contributed by atoms with Gasteiger partial charge in [-0.1, -0.05) is 13.8 Å². The highest BCUT2D eigenvalue weighted by molar-refractivity contribution is 4.95. The summed E-state index contributed by atoms with van der Waals surface area (Å²) in [4.78, 5) is 0. The second-order valence-corrected chi connectivity index (χ2v) is 14.6. The molecule has 17 heteroatoms. The second kappa shape index (κ2) is 19.8. The van der Waals surface area contributed by atoms with Crippen molar-refractivity contribution in [2.24, 2.45) is 23.7 Å². The fraction of sp³-hybridized carbons (Fsp3) is 1.00. The molecule has 17 nitrogen and oxygen atoms in total. The average molecular weight is 743 g/mol. The predicted molar refractivity (Wildman–Crippen MR) is 175 cm³/mol. The molecule has 0 saturated carbocycles. The number of hydrogen-bond acceptors (Lipinski definition) is 17. The summed E-state index contributed by atoms with van der Waals surface area (Å²) in [6.07, 6.45) is -14.5. The van der Waals surface area contributed by atoms with Crippen molar-refractivity contribution < 1.29 is 84.2 Å². The van der Waals surface area contributed by atoms with Crippen molar-refractivity contribution in [2.45, 2.75) is 138 Å². The summed E-state index contributed by atoms with van der Waals surface area (Å²) in [6.45, 7) is 5.63. The summed E-state index contributed by atoms with van der Waals surface area (Å²) in [5.74, 6) is -2.52. The zero-order valence-electron chi connectivity index (χ0n) is 29.9. The van der Waals surface area contributed by atoms with Gasteiger partial charge in [0.2, 0.25) is 0 Å². The van der Waals surface area contributed by atoms with Crippen LogP contribution in [-0.2, 0) is 33.2 Å². The van der Waals surface area contributed by atoms with Gasteiger partial charge >= 0.3 is 0 Å². The van der Waals surface area contributed by atoms with Gasteiger partial charge < -0.3 is 84.2 Å². The minimum absolute atomic E-state index is 0.00327. The number of aliphatic hydroxyl groups excluding tert-OH is 10. The van der Waals surface area contributed by atoms with Crippen LogP contribution < -0.4 is 0 Å². The molecule has 0 aliphatic carbocycles. The second-order valence-electron chi connectivity index (χ2n) is 14.6. The number of hydrogen-bond donors (Lipinski definition) is 10. The predicted octanol–water partition coefficient (Wildman–Crippen LogP) is -3.70. The van der Waals surface area contributed by atoms with Gasteiger partial charge in [0.1, 0.15) is 42.7 Å². The first-order valence-corrected chi connectivity index (χ1v) is 18.3. The first-order chi connectivity index (χ1) is 24.3. The van der Waals surface area contributed by atoms with Gasteiger partial charge in [-0.3, -0.25) is 0 Å². The molecule has 0 spiro atoms. The monoisotopic (exact) mass is 742 g/mol. The van der Waals surface area contributed by atoms with Crippen molar-refractivity contribution in [1.29, 1.82) is 0 Å². The lowest BCUT2D eigenvalue weighted by molar-refractivity contribution is -0.245. The molecule has 300 valence electrons. The fourth-order valence-electron chi connectivity index (χ4n) is 7.85. The molecule has 51 heavy (non-hydrogen) atoms. The summed E-state index contributed by atoms with van der Waals surface area (Å²) in [6, 6.07) is 0. The molecule has 4 rings (SSSR count). The molecule has 4 fully saturated rings. The smallest absolute Gasteiger partial charge is 0.110 e. The lowest BCUT2D eigenvalue weighted by Gasteiger charge is -2.44. The van der Waals surface area contributed by atoms with Gasteiger partial charge in [-0.2, -0.15) is 0 Å². The van der Waals surface area contributed by atoms with Crippen molar-refractivity contribution in [3.63, 3.8) is 0 Å². The number of aliphatic hydroxyl groups is 10. The molecule has 0 bridgehead atoms. The molecule has 0 aromatic heterocycles. The Morgan fingerprint density at radius 1 is 0.373 bits per heavy atom. The van der Waals surface area contributed by atoms with E-state index in [9.17, 15) is 51.1 Å². The van der Waals surface area contributed by atoms with Gasteiger partial charge in [0, 0.05) is 23.7 Å². The van der Waals surface area contributed by atoms with E-state index in [-0.39, 0.29) is 45.7 Å². The summed E-state index contributed by atoms with van der Waals surface area (Å²) < 4.78 is 40.5. The normalized spacial score (nSPS) is 48.1. The maximum absolute atomic E-state index is 10.9. The standard InChI is InChI=1S/C34H62O17/c1-5-17-27(37)23(8-36)51-24(28(17)38)12-45-10-19-16(4)49-25(33(43)30(19)40)13-47-11-20-22(7-35)50-26(34(44)31(20)41)14-46-9-18-15(3)48-21(6-2)32(42)29(18)39/h15-44H,5-14H2,1-4H3/t15?,16?,17-,18+,19-,20-,21+,22?,23?,24+,25+,26+,27+,28?,29+,30-,31-,32?,33?,34?/m1/s1. The fourth-order valence-corrected chi connectivity index (χ4v) is 7.85. The van der Waals surface area contributed by atoms with E-state index in [1.165, 1.54) is 0 Å². The summed E-state index contributed by atoms with van der Waals surface area (Å²) in [5.41, 5.74) is 0. The van der Waals surface area contributed by atoms with Gasteiger partial charge in [0.15, 0.2) is 0 Å². The highest BCUT2D eigenvalue weighted by Gasteiger charge is 2.48.